The molecule has 1 saturated heterocycles. The highest BCUT2D eigenvalue weighted by molar-refractivity contribution is 6.09. The van der Waals surface area contributed by atoms with E-state index in [2.05, 4.69) is 16.6 Å². The number of carbonyl (C=O) groups is 2. The van der Waals surface area contributed by atoms with Crippen LogP contribution in [0.1, 0.15) is 18.4 Å². The molecule has 3 rings (SSSR count). The van der Waals surface area contributed by atoms with E-state index in [0.29, 0.717) is 25.9 Å². The molecule has 7 heteroatoms. The predicted octanol–water partition coefficient (Wildman–Crippen LogP) is 0.796. The van der Waals surface area contributed by atoms with Gasteiger partial charge in [0.1, 0.15) is 5.75 Å². The monoisotopic (exact) mass is 315 g/mol. The van der Waals surface area contributed by atoms with E-state index >= 15 is 0 Å². The number of methoxy groups -OCH3 is 1. The first kappa shape index (κ1) is 15.2. The molecule has 0 aromatic heterocycles. The fourth-order valence-corrected chi connectivity index (χ4v) is 2.73. The number of imide groups is 1. The zero-order valence-electron chi connectivity index (χ0n) is 12.7. The molecule has 120 valence electrons. The second kappa shape index (κ2) is 5.82. The van der Waals surface area contributed by atoms with Gasteiger partial charge in [0.2, 0.25) is 0 Å². The number of nitrogens with zero attached hydrogens (tertiary/aromatic N) is 1. The number of fused-ring (bicyclic) bond motifs is 1. The number of urea groups is 1. The zero-order chi connectivity index (χ0) is 16.4. The number of rotatable bonds is 5. The SMILES string of the molecule is C#CC1(CCCN2Cc3ccc(OC)cc3O2)NC(=O)NC1=O. The number of terminal acetylenes is 1. The molecule has 2 aliphatic heterocycles. The summed E-state index contributed by atoms with van der Waals surface area (Å²) in [5, 5.41) is 6.48. The average Bonchev–Trinajstić information content (AvgIpc) is 3.07. The molecular weight excluding hydrogens is 298 g/mol. The molecule has 1 aromatic carbocycles. The molecule has 7 nitrogen and oxygen atoms in total. The Balaban J connectivity index is 1.55. The van der Waals surface area contributed by atoms with E-state index in [1.807, 2.05) is 18.2 Å². The van der Waals surface area contributed by atoms with Crippen molar-refractivity contribution in [3.05, 3.63) is 23.8 Å². The first-order valence-electron chi connectivity index (χ1n) is 7.27. The zero-order valence-corrected chi connectivity index (χ0v) is 12.7. The van der Waals surface area contributed by atoms with Crippen molar-refractivity contribution in [1.82, 2.24) is 15.7 Å². The van der Waals surface area contributed by atoms with Crippen LogP contribution in [0.3, 0.4) is 0 Å². The number of carbonyl (C=O) groups excluding carboxylic acids is 2. The number of hydrogen-bond acceptors (Lipinski definition) is 5. The summed E-state index contributed by atoms with van der Waals surface area (Å²) in [7, 11) is 1.61. The van der Waals surface area contributed by atoms with Gasteiger partial charge in [0.15, 0.2) is 11.3 Å². The number of hydrogen-bond donors (Lipinski definition) is 2. The van der Waals surface area contributed by atoms with Crippen molar-refractivity contribution in [3.63, 3.8) is 0 Å². The van der Waals surface area contributed by atoms with Gasteiger partial charge in [-0.1, -0.05) is 12.0 Å². The van der Waals surface area contributed by atoms with E-state index in [1.165, 1.54) is 0 Å². The van der Waals surface area contributed by atoms with Crippen molar-refractivity contribution < 1.29 is 19.2 Å². The molecule has 0 saturated carbocycles. The summed E-state index contributed by atoms with van der Waals surface area (Å²) in [6.45, 7) is 1.24. The lowest BCUT2D eigenvalue weighted by Crippen LogP contribution is -2.45. The largest absolute Gasteiger partial charge is 0.497 e. The van der Waals surface area contributed by atoms with Gasteiger partial charge in [0, 0.05) is 18.2 Å². The van der Waals surface area contributed by atoms with Crippen LogP contribution < -0.4 is 20.2 Å². The maximum absolute atomic E-state index is 11.8. The fraction of sp³-hybridized carbons (Fsp3) is 0.375. The Bertz CT molecular complexity index is 697. The van der Waals surface area contributed by atoms with Crippen LogP contribution in [0.4, 0.5) is 4.79 Å². The summed E-state index contributed by atoms with van der Waals surface area (Å²) in [6, 6.07) is 5.13. The molecule has 3 amide bonds. The summed E-state index contributed by atoms with van der Waals surface area (Å²) in [5.41, 5.74) is -0.184. The third-order valence-corrected chi connectivity index (χ3v) is 4.00. The Hall–Kier alpha value is -2.72. The standard InChI is InChI=1S/C16H17N3O4/c1-3-16(14(20)17-15(21)18-16)7-4-8-19-10-11-5-6-12(22-2)9-13(11)23-19/h1,5-6,9H,4,7-8,10H2,2H3,(H2,17,18,20,21). The van der Waals surface area contributed by atoms with E-state index in [0.717, 1.165) is 17.1 Å². The summed E-state index contributed by atoms with van der Waals surface area (Å²) >= 11 is 0. The molecule has 0 radical (unpaired) electrons. The topological polar surface area (TPSA) is 79.9 Å². The van der Waals surface area contributed by atoms with Crippen molar-refractivity contribution in [1.29, 1.82) is 0 Å². The molecule has 2 N–H and O–H groups in total. The summed E-state index contributed by atoms with van der Waals surface area (Å²) < 4.78 is 5.17. The molecule has 0 spiro atoms. The van der Waals surface area contributed by atoms with Gasteiger partial charge in [0.25, 0.3) is 5.91 Å². The molecule has 2 aliphatic rings. The first-order chi connectivity index (χ1) is 11.1. The van der Waals surface area contributed by atoms with Crippen molar-refractivity contribution in [2.75, 3.05) is 13.7 Å². The molecule has 0 bridgehead atoms. The van der Waals surface area contributed by atoms with Gasteiger partial charge in [-0.3, -0.25) is 10.1 Å². The van der Waals surface area contributed by atoms with E-state index in [4.69, 9.17) is 16.0 Å². The number of hydroxylamine groups is 2. The van der Waals surface area contributed by atoms with Crippen LogP contribution in [0.5, 0.6) is 11.5 Å². The fourth-order valence-electron chi connectivity index (χ4n) is 2.73. The highest BCUT2D eigenvalue weighted by Gasteiger charge is 2.44. The quantitative estimate of drug-likeness (QED) is 0.620. The Morgan fingerprint density at radius 1 is 1.48 bits per heavy atom. The molecule has 1 unspecified atom stereocenters. The van der Waals surface area contributed by atoms with Crippen LogP contribution in [0.25, 0.3) is 0 Å². The summed E-state index contributed by atoms with van der Waals surface area (Å²) in [5.74, 6) is 3.43. The minimum atomic E-state index is -1.26. The van der Waals surface area contributed by atoms with Gasteiger partial charge in [0.05, 0.1) is 13.7 Å². The van der Waals surface area contributed by atoms with Gasteiger partial charge in [-0.05, 0) is 18.9 Å². The summed E-state index contributed by atoms with van der Waals surface area (Å²) in [4.78, 5) is 28.8. The van der Waals surface area contributed by atoms with Crippen LogP contribution in [0.2, 0.25) is 0 Å². The average molecular weight is 315 g/mol. The number of benzene rings is 1. The van der Waals surface area contributed by atoms with Gasteiger partial charge in [-0.15, -0.1) is 11.5 Å². The van der Waals surface area contributed by atoms with E-state index in [9.17, 15) is 9.59 Å². The first-order valence-corrected chi connectivity index (χ1v) is 7.27. The Morgan fingerprint density at radius 3 is 2.96 bits per heavy atom. The van der Waals surface area contributed by atoms with Gasteiger partial charge >= 0.3 is 6.03 Å². The van der Waals surface area contributed by atoms with Crippen LogP contribution in [0.15, 0.2) is 18.2 Å². The lowest BCUT2D eigenvalue weighted by molar-refractivity contribution is -0.122. The Morgan fingerprint density at radius 2 is 2.30 bits per heavy atom. The smallest absolute Gasteiger partial charge is 0.323 e. The molecule has 1 atom stereocenters. The van der Waals surface area contributed by atoms with E-state index in [1.54, 1.807) is 12.2 Å². The van der Waals surface area contributed by atoms with Crippen LogP contribution >= 0.6 is 0 Å². The normalized spacial score (nSPS) is 22.8. The third kappa shape index (κ3) is 2.81. The molecule has 23 heavy (non-hydrogen) atoms. The molecule has 1 fully saturated rings. The van der Waals surface area contributed by atoms with Crippen LogP contribution in [-0.2, 0) is 11.3 Å². The van der Waals surface area contributed by atoms with Crippen molar-refractivity contribution in [3.8, 4) is 23.8 Å². The van der Waals surface area contributed by atoms with E-state index in [-0.39, 0.29) is 0 Å². The summed E-state index contributed by atoms with van der Waals surface area (Å²) in [6.07, 6.45) is 6.38. The molecule has 2 heterocycles. The lowest BCUT2D eigenvalue weighted by atomic mass is 9.94. The Kier molecular flexibility index (Phi) is 3.84. The Labute approximate surface area is 133 Å². The lowest BCUT2D eigenvalue weighted by Gasteiger charge is -2.21. The number of amides is 3. The second-order valence-electron chi connectivity index (χ2n) is 5.49. The van der Waals surface area contributed by atoms with Gasteiger partial charge < -0.3 is 14.9 Å². The number of nitrogens with one attached hydrogen (secondary N) is 2. The highest BCUT2D eigenvalue weighted by atomic mass is 16.7. The number of ether oxygens (including phenoxy) is 1. The van der Waals surface area contributed by atoms with Crippen LogP contribution in [0, 0.1) is 12.3 Å². The minimum absolute atomic E-state index is 0.348. The maximum atomic E-state index is 11.8. The maximum Gasteiger partial charge on any atom is 0.323 e. The van der Waals surface area contributed by atoms with Gasteiger partial charge in [-0.2, -0.15) is 0 Å². The predicted molar refractivity (Wildman–Crippen MR) is 81.5 cm³/mol. The van der Waals surface area contributed by atoms with Crippen molar-refractivity contribution in [2.45, 2.75) is 24.9 Å². The minimum Gasteiger partial charge on any atom is -0.497 e. The molecular formula is C16H17N3O4. The van der Waals surface area contributed by atoms with Crippen molar-refractivity contribution in [2.24, 2.45) is 0 Å². The van der Waals surface area contributed by atoms with E-state index < -0.39 is 17.5 Å². The third-order valence-electron chi connectivity index (χ3n) is 4.00. The van der Waals surface area contributed by atoms with Crippen LogP contribution in [-0.4, -0.2) is 36.2 Å². The molecule has 1 aromatic rings. The van der Waals surface area contributed by atoms with Crippen molar-refractivity contribution >= 4 is 11.9 Å². The highest BCUT2D eigenvalue weighted by Crippen LogP contribution is 2.32. The molecule has 0 aliphatic carbocycles. The second-order valence-corrected chi connectivity index (χ2v) is 5.49. The van der Waals surface area contributed by atoms with Gasteiger partial charge in [-0.25, -0.2) is 4.79 Å².